The Morgan fingerprint density at radius 1 is 1.15 bits per heavy atom. The van der Waals surface area contributed by atoms with Gasteiger partial charge in [0.1, 0.15) is 5.82 Å². The van der Waals surface area contributed by atoms with Crippen LogP contribution in [0.15, 0.2) is 46.9 Å². The van der Waals surface area contributed by atoms with Crippen LogP contribution in [0, 0.1) is 12.7 Å². The zero-order valence-electron chi connectivity index (χ0n) is 11.8. The number of hydrogen-bond acceptors (Lipinski definition) is 1. The summed E-state index contributed by atoms with van der Waals surface area (Å²) in [4.78, 5) is 0. The maximum atomic E-state index is 13.0. The van der Waals surface area contributed by atoms with Crippen LogP contribution in [0.4, 0.5) is 4.39 Å². The van der Waals surface area contributed by atoms with Gasteiger partial charge in [-0.25, -0.2) is 4.39 Å². The van der Waals surface area contributed by atoms with Gasteiger partial charge in [-0.2, -0.15) is 0 Å². The smallest absolute Gasteiger partial charge is 0.123 e. The Morgan fingerprint density at radius 3 is 2.50 bits per heavy atom. The molecule has 1 atom stereocenters. The first-order valence-electron chi connectivity index (χ1n) is 6.84. The highest BCUT2D eigenvalue weighted by Crippen LogP contribution is 2.27. The summed E-state index contributed by atoms with van der Waals surface area (Å²) in [5.74, 6) is -0.188. The second-order valence-electron chi connectivity index (χ2n) is 4.89. The Morgan fingerprint density at radius 2 is 1.85 bits per heavy atom. The minimum atomic E-state index is -0.188. The van der Waals surface area contributed by atoms with Gasteiger partial charge in [0.2, 0.25) is 0 Å². The largest absolute Gasteiger partial charge is 0.310 e. The van der Waals surface area contributed by atoms with Crippen molar-refractivity contribution in [3.05, 3.63) is 69.4 Å². The molecule has 0 spiro atoms. The van der Waals surface area contributed by atoms with Crippen LogP contribution in [0.5, 0.6) is 0 Å². The van der Waals surface area contributed by atoms with Crippen molar-refractivity contribution >= 4 is 15.9 Å². The molecule has 0 radical (unpaired) electrons. The van der Waals surface area contributed by atoms with Crippen molar-refractivity contribution in [1.82, 2.24) is 5.32 Å². The van der Waals surface area contributed by atoms with E-state index >= 15 is 0 Å². The monoisotopic (exact) mass is 335 g/mol. The molecule has 2 aromatic carbocycles. The molecule has 0 aliphatic heterocycles. The topological polar surface area (TPSA) is 12.0 Å². The zero-order chi connectivity index (χ0) is 14.5. The van der Waals surface area contributed by atoms with Gasteiger partial charge in [-0.3, -0.25) is 0 Å². The van der Waals surface area contributed by atoms with E-state index < -0.39 is 0 Å². The summed E-state index contributed by atoms with van der Waals surface area (Å²) in [5, 5.41) is 3.52. The van der Waals surface area contributed by atoms with E-state index in [1.54, 1.807) is 0 Å². The van der Waals surface area contributed by atoms with Crippen LogP contribution in [0.1, 0.15) is 29.7 Å². The molecule has 0 aliphatic rings. The van der Waals surface area contributed by atoms with Crippen molar-refractivity contribution < 1.29 is 4.39 Å². The molecule has 1 nitrogen and oxygen atoms in total. The van der Waals surface area contributed by atoms with Gasteiger partial charge in [-0.05, 0) is 54.8 Å². The van der Waals surface area contributed by atoms with Crippen molar-refractivity contribution in [3.63, 3.8) is 0 Å². The Hall–Kier alpha value is -1.19. The molecule has 0 aliphatic carbocycles. The number of halogens is 2. The molecule has 2 rings (SSSR count). The van der Waals surface area contributed by atoms with Gasteiger partial charge in [0.25, 0.3) is 0 Å². The molecular formula is C17H19BrFN. The first kappa shape index (κ1) is 15.2. The molecule has 0 saturated carbocycles. The molecule has 0 amide bonds. The third-order valence-electron chi connectivity index (χ3n) is 3.49. The lowest BCUT2D eigenvalue weighted by Gasteiger charge is -2.21. The highest BCUT2D eigenvalue weighted by molar-refractivity contribution is 9.10. The van der Waals surface area contributed by atoms with Crippen LogP contribution in [0.2, 0.25) is 0 Å². The SMILES string of the molecule is CCNC(Cc1ccc(F)cc1)c1cccc(Br)c1C. The van der Waals surface area contributed by atoms with Crippen LogP contribution in [0.3, 0.4) is 0 Å². The van der Waals surface area contributed by atoms with Gasteiger partial charge in [0.05, 0.1) is 0 Å². The fourth-order valence-corrected chi connectivity index (χ4v) is 2.78. The first-order valence-corrected chi connectivity index (χ1v) is 7.64. The maximum Gasteiger partial charge on any atom is 0.123 e. The van der Waals surface area contributed by atoms with E-state index in [4.69, 9.17) is 0 Å². The van der Waals surface area contributed by atoms with Crippen LogP contribution >= 0.6 is 15.9 Å². The Bertz CT molecular complexity index is 566. The highest BCUT2D eigenvalue weighted by Gasteiger charge is 2.14. The number of benzene rings is 2. The van der Waals surface area contributed by atoms with Crippen molar-refractivity contribution in [1.29, 1.82) is 0 Å². The Balaban J connectivity index is 2.26. The lowest BCUT2D eigenvalue weighted by molar-refractivity contribution is 0.546. The molecule has 20 heavy (non-hydrogen) atoms. The Labute approximate surface area is 128 Å². The molecule has 0 aromatic heterocycles. The van der Waals surface area contributed by atoms with Crippen molar-refractivity contribution in [2.45, 2.75) is 26.3 Å². The van der Waals surface area contributed by atoms with E-state index in [2.05, 4.69) is 53.3 Å². The number of rotatable bonds is 5. The van der Waals surface area contributed by atoms with Gasteiger partial charge in [-0.15, -0.1) is 0 Å². The maximum absolute atomic E-state index is 13.0. The Kier molecular flexibility index (Phi) is 5.32. The normalized spacial score (nSPS) is 12.4. The second kappa shape index (κ2) is 7.00. The molecule has 0 heterocycles. The van der Waals surface area contributed by atoms with Crippen LogP contribution in [-0.4, -0.2) is 6.54 Å². The van der Waals surface area contributed by atoms with Crippen LogP contribution < -0.4 is 5.32 Å². The predicted molar refractivity (Wildman–Crippen MR) is 85.4 cm³/mol. The predicted octanol–water partition coefficient (Wildman–Crippen LogP) is 4.79. The van der Waals surface area contributed by atoms with E-state index in [1.807, 2.05) is 12.1 Å². The summed E-state index contributed by atoms with van der Waals surface area (Å²) in [6.07, 6.45) is 0.853. The minimum absolute atomic E-state index is 0.188. The summed E-state index contributed by atoms with van der Waals surface area (Å²) in [6, 6.07) is 13.2. The molecular weight excluding hydrogens is 317 g/mol. The summed E-state index contributed by atoms with van der Waals surface area (Å²) in [7, 11) is 0. The lowest BCUT2D eigenvalue weighted by atomic mass is 9.95. The minimum Gasteiger partial charge on any atom is -0.310 e. The first-order chi connectivity index (χ1) is 9.61. The van der Waals surface area contributed by atoms with Crippen LogP contribution in [0.25, 0.3) is 0 Å². The van der Waals surface area contributed by atoms with Gasteiger partial charge in [0, 0.05) is 10.5 Å². The molecule has 0 saturated heterocycles. The molecule has 1 unspecified atom stereocenters. The molecule has 0 fully saturated rings. The van der Waals surface area contributed by atoms with Crippen molar-refractivity contribution in [2.24, 2.45) is 0 Å². The van der Waals surface area contributed by atoms with Gasteiger partial charge < -0.3 is 5.32 Å². The number of nitrogens with one attached hydrogen (secondary N) is 1. The van der Waals surface area contributed by atoms with E-state index in [-0.39, 0.29) is 11.9 Å². The van der Waals surface area contributed by atoms with E-state index in [9.17, 15) is 4.39 Å². The van der Waals surface area contributed by atoms with Crippen molar-refractivity contribution in [2.75, 3.05) is 6.54 Å². The molecule has 0 bridgehead atoms. The average Bonchev–Trinajstić information content (AvgIpc) is 2.44. The molecule has 106 valence electrons. The fraction of sp³-hybridized carbons (Fsp3) is 0.294. The summed E-state index contributed by atoms with van der Waals surface area (Å²) >= 11 is 3.58. The summed E-state index contributed by atoms with van der Waals surface area (Å²) < 4.78 is 14.1. The third kappa shape index (κ3) is 3.68. The average molecular weight is 336 g/mol. The molecule has 3 heteroatoms. The van der Waals surface area contributed by atoms with E-state index in [0.29, 0.717) is 0 Å². The number of likely N-dealkylation sites (N-methyl/N-ethyl adjacent to an activating group) is 1. The van der Waals surface area contributed by atoms with E-state index in [1.165, 1.54) is 23.3 Å². The quantitative estimate of drug-likeness (QED) is 0.828. The van der Waals surface area contributed by atoms with E-state index in [0.717, 1.165) is 23.0 Å². The standard InChI is InChI=1S/C17H19BrFN/c1-3-20-17(11-13-7-9-14(19)10-8-13)15-5-4-6-16(18)12(15)2/h4-10,17,20H,3,11H2,1-2H3. The summed E-state index contributed by atoms with van der Waals surface area (Å²) in [6.45, 7) is 5.12. The van der Waals surface area contributed by atoms with Gasteiger partial charge >= 0.3 is 0 Å². The third-order valence-corrected chi connectivity index (χ3v) is 4.35. The fourth-order valence-electron chi connectivity index (χ4n) is 2.40. The van der Waals surface area contributed by atoms with Gasteiger partial charge in [-0.1, -0.05) is 47.1 Å². The molecule has 1 N–H and O–H groups in total. The lowest BCUT2D eigenvalue weighted by Crippen LogP contribution is -2.23. The van der Waals surface area contributed by atoms with Crippen molar-refractivity contribution in [3.8, 4) is 0 Å². The summed E-state index contributed by atoms with van der Waals surface area (Å²) in [5.41, 5.74) is 3.67. The second-order valence-corrected chi connectivity index (χ2v) is 5.75. The van der Waals surface area contributed by atoms with Crippen LogP contribution in [-0.2, 0) is 6.42 Å². The van der Waals surface area contributed by atoms with Gasteiger partial charge in [0.15, 0.2) is 0 Å². The highest BCUT2D eigenvalue weighted by atomic mass is 79.9. The number of hydrogen-bond donors (Lipinski definition) is 1. The zero-order valence-corrected chi connectivity index (χ0v) is 13.4. The molecule has 2 aromatic rings.